The summed E-state index contributed by atoms with van der Waals surface area (Å²) in [5.74, 6) is 0.874. The summed E-state index contributed by atoms with van der Waals surface area (Å²) in [5, 5.41) is 1.71. The van der Waals surface area contributed by atoms with Gasteiger partial charge in [0.2, 0.25) is 0 Å². The first-order chi connectivity index (χ1) is 9.29. The Morgan fingerprint density at radius 3 is 3.00 bits per heavy atom. The fourth-order valence-electron chi connectivity index (χ4n) is 2.84. The molecule has 0 aromatic carbocycles. The highest BCUT2D eigenvalue weighted by Gasteiger charge is 2.26. The van der Waals surface area contributed by atoms with Crippen molar-refractivity contribution in [1.82, 2.24) is 9.55 Å². The summed E-state index contributed by atoms with van der Waals surface area (Å²) < 4.78 is 2.15. The molecule has 0 fully saturated rings. The average Bonchev–Trinajstić information content (AvgIpc) is 2.98. The second-order valence-corrected chi connectivity index (χ2v) is 7.30. The van der Waals surface area contributed by atoms with Crippen molar-refractivity contribution in [3.63, 3.8) is 0 Å². The smallest absolute Gasteiger partial charge is 0.282 e. The summed E-state index contributed by atoms with van der Waals surface area (Å²) in [6.45, 7) is 0. The zero-order chi connectivity index (χ0) is 13.0. The molecule has 3 heterocycles. The highest BCUT2D eigenvalue weighted by molar-refractivity contribution is 9.11. The zero-order valence-corrected chi connectivity index (χ0v) is 13.3. The monoisotopic (exact) mass is 354 g/mol. The first-order valence-electron chi connectivity index (χ1n) is 6.29. The van der Waals surface area contributed by atoms with Crippen LogP contribution in [0, 0.1) is 0 Å². The number of aromatic nitrogens is 2. The molecule has 98 valence electrons. The molecule has 4 rings (SSSR count). The fourth-order valence-corrected chi connectivity index (χ4v) is 5.87. The van der Waals surface area contributed by atoms with E-state index in [4.69, 9.17) is 0 Å². The van der Waals surface area contributed by atoms with Gasteiger partial charge in [-0.05, 0) is 31.2 Å². The molecule has 0 amide bonds. The number of aryl methyl sites for hydroxylation is 2. The molecule has 0 N–H and O–H groups in total. The molecule has 0 radical (unpaired) electrons. The lowest BCUT2D eigenvalue weighted by atomic mass is 9.97. The Labute approximate surface area is 126 Å². The minimum atomic E-state index is -0.0380. The SMILES string of the molecule is O=c1nc2n(c3sc4c(c13)CCCC4)C(=CBr)CS2. The molecule has 3 nitrogen and oxygen atoms in total. The van der Waals surface area contributed by atoms with Gasteiger partial charge in [0.05, 0.1) is 5.39 Å². The molecule has 2 aromatic heterocycles. The van der Waals surface area contributed by atoms with Crippen molar-refractivity contribution in [2.45, 2.75) is 30.8 Å². The predicted molar refractivity (Wildman–Crippen MR) is 84.4 cm³/mol. The third kappa shape index (κ3) is 1.69. The Bertz CT molecular complexity index is 775. The number of thioether (sulfide) groups is 1. The van der Waals surface area contributed by atoms with Crippen LogP contribution in [-0.4, -0.2) is 15.3 Å². The molecule has 1 aliphatic carbocycles. The van der Waals surface area contributed by atoms with Crippen LogP contribution < -0.4 is 5.56 Å². The van der Waals surface area contributed by atoms with Crippen molar-refractivity contribution in [3.8, 4) is 0 Å². The van der Waals surface area contributed by atoms with E-state index in [2.05, 4.69) is 25.5 Å². The predicted octanol–water partition coefficient (Wildman–Crippen LogP) is 3.64. The van der Waals surface area contributed by atoms with Gasteiger partial charge in [0.1, 0.15) is 4.83 Å². The van der Waals surface area contributed by atoms with E-state index in [1.165, 1.54) is 29.0 Å². The summed E-state index contributed by atoms with van der Waals surface area (Å²) in [4.78, 5) is 21.0. The molecule has 0 saturated heterocycles. The Morgan fingerprint density at radius 1 is 1.32 bits per heavy atom. The standard InChI is InChI=1S/C13H11BrN2OS2/c14-5-7-6-18-13-15-11(17)10-8-3-1-2-4-9(8)19-12(10)16(7)13/h5H,1-4,6H2. The van der Waals surface area contributed by atoms with Crippen molar-refractivity contribution in [2.75, 3.05) is 5.75 Å². The lowest BCUT2D eigenvalue weighted by molar-refractivity contribution is 0.699. The third-order valence-electron chi connectivity index (χ3n) is 3.72. The molecule has 0 bridgehead atoms. The van der Waals surface area contributed by atoms with Gasteiger partial charge in [0.15, 0.2) is 5.16 Å². The van der Waals surface area contributed by atoms with E-state index in [-0.39, 0.29) is 5.56 Å². The van der Waals surface area contributed by atoms with Gasteiger partial charge in [0, 0.05) is 21.3 Å². The molecular formula is C13H11BrN2OS2. The molecule has 0 unspecified atom stereocenters. The summed E-state index contributed by atoms with van der Waals surface area (Å²) >= 11 is 6.85. The van der Waals surface area contributed by atoms with Crippen LogP contribution in [0.25, 0.3) is 15.9 Å². The second kappa shape index (κ2) is 4.46. The Kier molecular flexibility index (Phi) is 2.86. The summed E-state index contributed by atoms with van der Waals surface area (Å²) in [6.07, 6.45) is 4.58. The van der Waals surface area contributed by atoms with Gasteiger partial charge >= 0.3 is 0 Å². The van der Waals surface area contributed by atoms with Gasteiger partial charge in [-0.25, -0.2) is 0 Å². The van der Waals surface area contributed by atoms with Crippen molar-refractivity contribution in [1.29, 1.82) is 0 Å². The van der Waals surface area contributed by atoms with E-state index in [1.54, 1.807) is 23.1 Å². The van der Waals surface area contributed by atoms with Gasteiger partial charge in [-0.1, -0.05) is 27.7 Å². The minimum absolute atomic E-state index is 0.0380. The maximum Gasteiger partial charge on any atom is 0.282 e. The van der Waals surface area contributed by atoms with E-state index >= 15 is 0 Å². The van der Waals surface area contributed by atoms with Crippen LogP contribution in [0.5, 0.6) is 0 Å². The van der Waals surface area contributed by atoms with Crippen LogP contribution in [0.1, 0.15) is 23.3 Å². The highest BCUT2D eigenvalue weighted by atomic mass is 79.9. The van der Waals surface area contributed by atoms with Crippen LogP contribution in [0.3, 0.4) is 0 Å². The Hall–Kier alpha value is -0.590. The normalized spacial score (nSPS) is 19.9. The molecule has 2 aromatic rings. The molecule has 19 heavy (non-hydrogen) atoms. The number of rotatable bonds is 0. The molecule has 6 heteroatoms. The van der Waals surface area contributed by atoms with Crippen molar-refractivity contribution in [2.24, 2.45) is 0 Å². The largest absolute Gasteiger partial charge is 0.282 e. The van der Waals surface area contributed by atoms with E-state index in [1.807, 2.05) is 4.99 Å². The number of halogens is 1. The molecule has 0 spiro atoms. The van der Waals surface area contributed by atoms with Gasteiger partial charge in [0.25, 0.3) is 5.56 Å². The quantitative estimate of drug-likeness (QED) is 0.677. The fraction of sp³-hybridized carbons (Fsp3) is 0.385. The van der Waals surface area contributed by atoms with Crippen molar-refractivity contribution in [3.05, 3.63) is 25.8 Å². The summed E-state index contributed by atoms with van der Waals surface area (Å²) in [7, 11) is 0. The number of thiophene rings is 1. The molecule has 0 atom stereocenters. The van der Waals surface area contributed by atoms with Crippen LogP contribution in [0.15, 0.2) is 14.9 Å². The highest BCUT2D eigenvalue weighted by Crippen LogP contribution is 2.40. The number of fused-ring (bicyclic) bond motifs is 5. The summed E-state index contributed by atoms with van der Waals surface area (Å²) in [5.41, 5.74) is 2.41. The maximum absolute atomic E-state index is 12.3. The van der Waals surface area contributed by atoms with Gasteiger partial charge < -0.3 is 0 Å². The summed E-state index contributed by atoms with van der Waals surface area (Å²) in [6, 6.07) is 0. The Morgan fingerprint density at radius 2 is 2.16 bits per heavy atom. The molecule has 0 saturated carbocycles. The first-order valence-corrected chi connectivity index (χ1v) is 9.01. The number of hydrogen-bond acceptors (Lipinski definition) is 4. The molecular weight excluding hydrogens is 344 g/mol. The van der Waals surface area contributed by atoms with Gasteiger partial charge in [-0.3, -0.25) is 9.36 Å². The zero-order valence-electron chi connectivity index (χ0n) is 10.1. The average molecular weight is 355 g/mol. The van der Waals surface area contributed by atoms with E-state index in [0.717, 1.165) is 34.0 Å². The minimum Gasteiger partial charge on any atom is -0.282 e. The third-order valence-corrected chi connectivity index (χ3v) is 6.50. The van der Waals surface area contributed by atoms with Gasteiger partial charge in [-0.15, -0.1) is 11.3 Å². The van der Waals surface area contributed by atoms with Crippen LogP contribution >= 0.6 is 39.0 Å². The van der Waals surface area contributed by atoms with Crippen LogP contribution in [-0.2, 0) is 12.8 Å². The number of nitrogens with zero attached hydrogens (tertiary/aromatic N) is 2. The molecule has 1 aliphatic heterocycles. The van der Waals surface area contributed by atoms with Crippen molar-refractivity contribution < 1.29 is 0 Å². The van der Waals surface area contributed by atoms with E-state index in [0.29, 0.717) is 0 Å². The van der Waals surface area contributed by atoms with Crippen molar-refractivity contribution >= 4 is 54.9 Å². The molecule has 2 aliphatic rings. The van der Waals surface area contributed by atoms with Crippen LogP contribution in [0.2, 0.25) is 0 Å². The lowest BCUT2D eigenvalue weighted by Gasteiger charge is -2.09. The van der Waals surface area contributed by atoms with E-state index < -0.39 is 0 Å². The lowest BCUT2D eigenvalue weighted by Crippen LogP contribution is -2.13. The van der Waals surface area contributed by atoms with Crippen LogP contribution in [0.4, 0.5) is 0 Å². The van der Waals surface area contributed by atoms with Gasteiger partial charge in [-0.2, -0.15) is 4.98 Å². The van der Waals surface area contributed by atoms with E-state index in [9.17, 15) is 4.79 Å². The Balaban J connectivity index is 2.15. The first kappa shape index (κ1) is 12.2. The second-order valence-electron chi connectivity index (χ2n) is 4.82. The maximum atomic E-state index is 12.3. The number of hydrogen-bond donors (Lipinski definition) is 0. The topological polar surface area (TPSA) is 34.9 Å².